The average molecular weight is 332 g/mol. The lowest BCUT2D eigenvalue weighted by atomic mass is 10.6. The molecule has 0 saturated heterocycles. The number of rotatable bonds is 9. The summed E-state index contributed by atoms with van der Waals surface area (Å²) in [5, 5.41) is 16.4. The van der Waals surface area contributed by atoms with E-state index >= 15 is 0 Å². The van der Waals surface area contributed by atoms with Gasteiger partial charge in [0.2, 0.25) is 5.16 Å². The molecule has 0 bridgehead atoms. The van der Waals surface area contributed by atoms with Crippen LogP contribution in [0.3, 0.4) is 0 Å². The van der Waals surface area contributed by atoms with Crippen LogP contribution in [0.2, 0.25) is 5.15 Å². The maximum absolute atomic E-state index is 5.96. The molecule has 1 N–H and O–H groups in total. The van der Waals surface area contributed by atoms with Crippen molar-refractivity contribution in [3.63, 3.8) is 0 Å². The summed E-state index contributed by atoms with van der Waals surface area (Å²) in [6, 6.07) is 0. The zero-order chi connectivity index (χ0) is 15.1. The van der Waals surface area contributed by atoms with E-state index in [1.165, 1.54) is 11.8 Å². The van der Waals surface area contributed by atoms with E-state index < -0.39 is 0 Å². The Labute approximate surface area is 132 Å². The predicted molar refractivity (Wildman–Crippen MR) is 80.3 cm³/mol. The maximum Gasteiger partial charge on any atom is 0.209 e. The third-order valence-corrected chi connectivity index (χ3v) is 4.14. The highest BCUT2D eigenvalue weighted by atomic mass is 35.5. The SMILES string of the molecule is COCCNCCn1nnnc1SCc1ncc(Cl)n1C. The van der Waals surface area contributed by atoms with Gasteiger partial charge in [-0.25, -0.2) is 9.67 Å². The minimum atomic E-state index is 0.618. The molecule has 0 saturated carbocycles. The first kappa shape index (κ1) is 16.2. The van der Waals surface area contributed by atoms with Crippen LogP contribution in [0.25, 0.3) is 0 Å². The number of thioether (sulfide) groups is 1. The molecule has 0 aromatic carbocycles. The second-order valence-corrected chi connectivity index (χ2v) is 5.60. The van der Waals surface area contributed by atoms with Gasteiger partial charge in [0.15, 0.2) is 0 Å². The first-order valence-electron chi connectivity index (χ1n) is 6.47. The van der Waals surface area contributed by atoms with Crippen molar-refractivity contribution in [2.24, 2.45) is 7.05 Å². The van der Waals surface area contributed by atoms with Crippen LogP contribution in [-0.4, -0.2) is 56.6 Å². The van der Waals surface area contributed by atoms with Crippen molar-refractivity contribution in [2.75, 3.05) is 26.8 Å². The number of halogens is 1. The molecule has 10 heteroatoms. The summed E-state index contributed by atoms with van der Waals surface area (Å²) in [5.41, 5.74) is 0. The fraction of sp³-hybridized carbons (Fsp3) is 0.636. The maximum atomic E-state index is 5.96. The molecule has 2 rings (SSSR count). The van der Waals surface area contributed by atoms with Gasteiger partial charge in [-0.3, -0.25) is 0 Å². The average Bonchev–Trinajstić information content (AvgIpc) is 3.05. The molecule has 8 nitrogen and oxygen atoms in total. The minimum absolute atomic E-state index is 0.618. The van der Waals surface area contributed by atoms with Crippen molar-refractivity contribution in [1.82, 2.24) is 35.1 Å². The zero-order valence-electron chi connectivity index (χ0n) is 12.0. The number of ether oxygens (including phenoxy) is 1. The van der Waals surface area contributed by atoms with E-state index in [4.69, 9.17) is 16.3 Å². The van der Waals surface area contributed by atoms with Gasteiger partial charge in [0.1, 0.15) is 11.0 Å². The Balaban J connectivity index is 1.81. The normalized spacial score (nSPS) is 11.2. The van der Waals surface area contributed by atoms with Crippen molar-refractivity contribution in [3.05, 3.63) is 17.2 Å². The quantitative estimate of drug-likeness (QED) is 0.532. The number of hydrogen-bond donors (Lipinski definition) is 1. The Kier molecular flexibility index (Phi) is 6.43. The Morgan fingerprint density at radius 2 is 2.29 bits per heavy atom. The largest absolute Gasteiger partial charge is 0.383 e. The second kappa shape index (κ2) is 8.32. The van der Waals surface area contributed by atoms with E-state index in [1.54, 1.807) is 18.0 Å². The summed E-state index contributed by atoms with van der Waals surface area (Å²) < 4.78 is 8.58. The number of nitrogens with zero attached hydrogens (tertiary/aromatic N) is 6. The highest BCUT2D eigenvalue weighted by Crippen LogP contribution is 2.20. The topological polar surface area (TPSA) is 82.7 Å². The van der Waals surface area contributed by atoms with E-state index in [0.29, 0.717) is 24.1 Å². The molecule has 0 aliphatic heterocycles. The van der Waals surface area contributed by atoms with Crippen LogP contribution < -0.4 is 5.32 Å². The van der Waals surface area contributed by atoms with Gasteiger partial charge < -0.3 is 14.6 Å². The monoisotopic (exact) mass is 331 g/mol. The first-order chi connectivity index (χ1) is 10.2. The van der Waals surface area contributed by atoms with Gasteiger partial charge in [-0.1, -0.05) is 23.4 Å². The molecule has 0 fully saturated rings. The standard InChI is InChI=1S/C11H18ClN7OS/c1-18-9(12)7-14-10(18)8-21-11-15-16-17-19(11)5-3-13-4-6-20-2/h7,13H,3-6,8H2,1-2H3. The molecule has 116 valence electrons. The molecule has 21 heavy (non-hydrogen) atoms. The van der Waals surface area contributed by atoms with Crippen molar-refractivity contribution in [1.29, 1.82) is 0 Å². The molecule has 0 aliphatic rings. The smallest absolute Gasteiger partial charge is 0.209 e. The fourth-order valence-electron chi connectivity index (χ4n) is 1.61. The van der Waals surface area contributed by atoms with Crippen LogP contribution in [0.5, 0.6) is 0 Å². The van der Waals surface area contributed by atoms with Crippen LogP contribution in [0.1, 0.15) is 5.82 Å². The van der Waals surface area contributed by atoms with E-state index in [2.05, 4.69) is 25.8 Å². The summed E-state index contributed by atoms with van der Waals surface area (Å²) in [6.07, 6.45) is 1.64. The Morgan fingerprint density at radius 3 is 3.00 bits per heavy atom. The number of imidazole rings is 1. The summed E-state index contributed by atoms with van der Waals surface area (Å²) in [6.45, 7) is 3.00. The highest BCUT2D eigenvalue weighted by molar-refractivity contribution is 7.98. The summed E-state index contributed by atoms with van der Waals surface area (Å²) >= 11 is 7.49. The fourth-order valence-corrected chi connectivity index (χ4v) is 2.66. The lowest BCUT2D eigenvalue weighted by Gasteiger charge is -2.06. The number of methoxy groups -OCH3 is 1. The molecule has 2 aromatic rings. The molecule has 0 amide bonds. The van der Waals surface area contributed by atoms with Gasteiger partial charge in [0.25, 0.3) is 0 Å². The number of aromatic nitrogens is 6. The summed E-state index contributed by atoms with van der Waals surface area (Å²) in [4.78, 5) is 4.25. The number of tetrazole rings is 1. The zero-order valence-corrected chi connectivity index (χ0v) is 13.6. The lowest BCUT2D eigenvalue weighted by molar-refractivity contribution is 0.199. The van der Waals surface area contributed by atoms with E-state index in [9.17, 15) is 0 Å². The molecule has 2 aromatic heterocycles. The minimum Gasteiger partial charge on any atom is -0.383 e. The van der Waals surface area contributed by atoms with E-state index in [1.807, 2.05) is 11.6 Å². The van der Waals surface area contributed by atoms with Crippen LogP contribution in [0.4, 0.5) is 0 Å². The Hall–Kier alpha value is -1.16. The van der Waals surface area contributed by atoms with Gasteiger partial charge in [-0.15, -0.1) is 5.10 Å². The highest BCUT2D eigenvalue weighted by Gasteiger charge is 2.10. The number of nitrogens with one attached hydrogen (secondary N) is 1. The molecule has 0 aliphatic carbocycles. The Morgan fingerprint density at radius 1 is 1.43 bits per heavy atom. The lowest BCUT2D eigenvalue weighted by Crippen LogP contribution is -2.24. The molecule has 2 heterocycles. The van der Waals surface area contributed by atoms with Crippen molar-refractivity contribution in [2.45, 2.75) is 17.5 Å². The van der Waals surface area contributed by atoms with Crippen LogP contribution in [0.15, 0.2) is 11.4 Å². The first-order valence-corrected chi connectivity index (χ1v) is 7.83. The van der Waals surface area contributed by atoms with Gasteiger partial charge in [-0.05, 0) is 10.4 Å². The van der Waals surface area contributed by atoms with E-state index in [0.717, 1.165) is 24.1 Å². The van der Waals surface area contributed by atoms with E-state index in [-0.39, 0.29) is 0 Å². The van der Waals surface area contributed by atoms with Gasteiger partial charge in [-0.2, -0.15) is 0 Å². The van der Waals surface area contributed by atoms with Crippen molar-refractivity contribution >= 4 is 23.4 Å². The summed E-state index contributed by atoms with van der Waals surface area (Å²) in [7, 11) is 3.57. The third-order valence-electron chi connectivity index (χ3n) is 2.84. The van der Waals surface area contributed by atoms with Crippen LogP contribution >= 0.6 is 23.4 Å². The van der Waals surface area contributed by atoms with Crippen molar-refractivity contribution in [3.8, 4) is 0 Å². The molecular formula is C11H18ClN7OS. The molecule has 0 atom stereocenters. The Bertz CT molecular complexity index is 559. The predicted octanol–water partition coefficient (Wildman–Crippen LogP) is 0.588. The van der Waals surface area contributed by atoms with Gasteiger partial charge >= 0.3 is 0 Å². The number of hydrogen-bond acceptors (Lipinski definition) is 7. The van der Waals surface area contributed by atoms with Crippen molar-refractivity contribution < 1.29 is 4.74 Å². The second-order valence-electron chi connectivity index (χ2n) is 4.27. The third kappa shape index (κ3) is 4.67. The molecule has 0 unspecified atom stereocenters. The molecular weight excluding hydrogens is 314 g/mol. The van der Waals surface area contributed by atoms with Crippen LogP contribution in [-0.2, 0) is 24.1 Å². The molecule has 0 radical (unpaired) electrons. The van der Waals surface area contributed by atoms with Gasteiger partial charge in [0.05, 0.1) is 25.1 Å². The van der Waals surface area contributed by atoms with Gasteiger partial charge in [0, 0.05) is 27.2 Å². The summed E-state index contributed by atoms with van der Waals surface area (Å²) in [5.74, 6) is 1.55. The van der Waals surface area contributed by atoms with Crippen LogP contribution in [0, 0.1) is 0 Å². The molecule has 0 spiro atoms.